The number of aryl methyl sites for hydroxylation is 2. The van der Waals surface area contributed by atoms with E-state index in [1.54, 1.807) is 6.07 Å². The Kier molecular flexibility index (Phi) is 2.72. The lowest BCUT2D eigenvalue weighted by Gasteiger charge is -2.06. The van der Waals surface area contributed by atoms with Gasteiger partial charge in [0, 0.05) is 23.3 Å². The smallest absolute Gasteiger partial charge is 0.142 e. The fourth-order valence-electron chi connectivity index (χ4n) is 2.29. The minimum atomic E-state index is 0.635. The van der Waals surface area contributed by atoms with Gasteiger partial charge in [0.2, 0.25) is 0 Å². The summed E-state index contributed by atoms with van der Waals surface area (Å²) in [6.07, 6.45) is 0. The number of benzene rings is 2. The van der Waals surface area contributed by atoms with Crippen LogP contribution in [0.3, 0.4) is 0 Å². The van der Waals surface area contributed by atoms with Gasteiger partial charge in [-0.05, 0) is 42.8 Å². The molecule has 3 aromatic rings. The molecule has 0 unspecified atom stereocenters. The van der Waals surface area contributed by atoms with Crippen LogP contribution in [0.25, 0.3) is 22.4 Å². The lowest BCUT2D eigenvalue weighted by molar-refractivity contribution is 0.960. The SMILES string of the molecule is Cc1ccc2c(c1)nc(-c1ccc(Cl)cc1N)n2C. The summed E-state index contributed by atoms with van der Waals surface area (Å²) in [5, 5.41) is 0.635. The van der Waals surface area contributed by atoms with Crippen molar-refractivity contribution in [2.45, 2.75) is 6.92 Å². The third kappa shape index (κ3) is 1.96. The van der Waals surface area contributed by atoms with Crippen LogP contribution in [0.1, 0.15) is 5.56 Å². The van der Waals surface area contributed by atoms with E-state index in [2.05, 4.69) is 30.1 Å². The van der Waals surface area contributed by atoms with Crippen molar-refractivity contribution < 1.29 is 0 Å². The van der Waals surface area contributed by atoms with E-state index in [1.807, 2.05) is 23.7 Å². The molecule has 1 aromatic heterocycles. The molecule has 0 spiro atoms. The van der Waals surface area contributed by atoms with Gasteiger partial charge in [-0.1, -0.05) is 17.7 Å². The van der Waals surface area contributed by atoms with E-state index < -0.39 is 0 Å². The van der Waals surface area contributed by atoms with E-state index in [0.717, 1.165) is 22.4 Å². The molecule has 0 saturated heterocycles. The molecule has 0 amide bonds. The number of hydrogen-bond acceptors (Lipinski definition) is 2. The molecule has 2 N–H and O–H groups in total. The van der Waals surface area contributed by atoms with Gasteiger partial charge in [-0.15, -0.1) is 0 Å². The largest absolute Gasteiger partial charge is 0.398 e. The molecule has 0 radical (unpaired) electrons. The van der Waals surface area contributed by atoms with Crippen molar-refractivity contribution in [1.82, 2.24) is 9.55 Å². The minimum Gasteiger partial charge on any atom is -0.398 e. The highest BCUT2D eigenvalue weighted by Crippen LogP contribution is 2.30. The summed E-state index contributed by atoms with van der Waals surface area (Å²) in [6, 6.07) is 11.7. The number of hydrogen-bond donors (Lipinski definition) is 1. The average Bonchev–Trinajstić information content (AvgIpc) is 2.66. The van der Waals surface area contributed by atoms with Gasteiger partial charge < -0.3 is 10.3 Å². The van der Waals surface area contributed by atoms with Gasteiger partial charge in [-0.2, -0.15) is 0 Å². The van der Waals surface area contributed by atoms with Crippen LogP contribution in [0.2, 0.25) is 5.02 Å². The lowest BCUT2D eigenvalue weighted by Crippen LogP contribution is -1.96. The average molecular weight is 272 g/mol. The van der Waals surface area contributed by atoms with Gasteiger partial charge in [-0.25, -0.2) is 4.98 Å². The van der Waals surface area contributed by atoms with E-state index >= 15 is 0 Å². The van der Waals surface area contributed by atoms with Crippen LogP contribution in [-0.2, 0) is 7.05 Å². The number of fused-ring (bicyclic) bond motifs is 1. The first kappa shape index (κ1) is 12.1. The zero-order valence-electron chi connectivity index (χ0n) is 10.8. The summed E-state index contributed by atoms with van der Waals surface area (Å²) < 4.78 is 2.05. The van der Waals surface area contributed by atoms with Gasteiger partial charge in [0.15, 0.2) is 0 Å². The van der Waals surface area contributed by atoms with Crippen LogP contribution in [-0.4, -0.2) is 9.55 Å². The molecular weight excluding hydrogens is 258 g/mol. The first-order valence-electron chi connectivity index (χ1n) is 6.05. The highest BCUT2D eigenvalue weighted by atomic mass is 35.5. The predicted molar refractivity (Wildman–Crippen MR) is 80.3 cm³/mol. The van der Waals surface area contributed by atoms with Crippen LogP contribution in [0, 0.1) is 6.92 Å². The number of rotatable bonds is 1. The molecule has 3 nitrogen and oxygen atoms in total. The van der Waals surface area contributed by atoms with E-state index in [4.69, 9.17) is 17.3 Å². The fraction of sp³-hybridized carbons (Fsp3) is 0.133. The van der Waals surface area contributed by atoms with Crippen molar-refractivity contribution in [2.75, 3.05) is 5.73 Å². The molecule has 1 heterocycles. The Bertz CT molecular complexity index is 774. The van der Waals surface area contributed by atoms with Crippen molar-refractivity contribution in [2.24, 2.45) is 7.05 Å². The molecule has 0 atom stereocenters. The van der Waals surface area contributed by atoms with Gasteiger partial charge in [-0.3, -0.25) is 0 Å². The molecule has 3 rings (SSSR count). The molecule has 96 valence electrons. The summed E-state index contributed by atoms with van der Waals surface area (Å²) in [6.45, 7) is 2.06. The number of imidazole rings is 1. The van der Waals surface area contributed by atoms with E-state index in [-0.39, 0.29) is 0 Å². The van der Waals surface area contributed by atoms with Crippen molar-refractivity contribution >= 4 is 28.3 Å². The van der Waals surface area contributed by atoms with E-state index in [0.29, 0.717) is 10.7 Å². The monoisotopic (exact) mass is 271 g/mol. The van der Waals surface area contributed by atoms with Crippen molar-refractivity contribution in [3.63, 3.8) is 0 Å². The third-order valence-corrected chi connectivity index (χ3v) is 3.53. The third-order valence-electron chi connectivity index (χ3n) is 3.29. The Balaban J connectivity index is 2.27. The van der Waals surface area contributed by atoms with Crippen molar-refractivity contribution in [3.05, 3.63) is 47.0 Å². The molecule has 19 heavy (non-hydrogen) atoms. The number of nitrogens with two attached hydrogens (primary N) is 1. The number of anilines is 1. The van der Waals surface area contributed by atoms with Crippen molar-refractivity contribution in [3.8, 4) is 11.4 Å². The predicted octanol–water partition coefficient (Wildman–Crippen LogP) is 3.78. The Labute approximate surface area is 116 Å². The molecule has 0 aliphatic heterocycles. The first-order chi connectivity index (χ1) is 9.06. The van der Waals surface area contributed by atoms with E-state index in [9.17, 15) is 0 Å². The number of halogens is 1. The Morgan fingerprint density at radius 1 is 1.16 bits per heavy atom. The van der Waals surface area contributed by atoms with E-state index in [1.165, 1.54) is 5.56 Å². The number of nitrogens with zero attached hydrogens (tertiary/aromatic N) is 2. The van der Waals surface area contributed by atoms with Gasteiger partial charge >= 0.3 is 0 Å². The maximum atomic E-state index is 6.04. The van der Waals surface area contributed by atoms with Crippen molar-refractivity contribution in [1.29, 1.82) is 0 Å². The molecule has 0 bridgehead atoms. The Hall–Kier alpha value is -2.00. The second-order valence-corrected chi connectivity index (χ2v) is 5.15. The van der Waals surface area contributed by atoms with Gasteiger partial charge in [0.05, 0.1) is 11.0 Å². The lowest BCUT2D eigenvalue weighted by atomic mass is 10.1. The Morgan fingerprint density at radius 2 is 1.95 bits per heavy atom. The second-order valence-electron chi connectivity index (χ2n) is 4.72. The zero-order chi connectivity index (χ0) is 13.6. The maximum absolute atomic E-state index is 6.04. The number of nitrogen functional groups attached to an aromatic ring is 1. The molecule has 0 saturated carbocycles. The molecule has 4 heteroatoms. The van der Waals surface area contributed by atoms with Crippen LogP contribution < -0.4 is 5.73 Å². The van der Waals surface area contributed by atoms with Gasteiger partial charge in [0.25, 0.3) is 0 Å². The van der Waals surface area contributed by atoms with Crippen LogP contribution in [0.5, 0.6) is 0 Å². The normalized spacial score (nSPS) is 11.1. The summed E-state index contributed by atoms with van der Waals surface area (Å²) in [5.41, 5.74) is 10.8. The molecule has 0 aliphatic rings. The fourth-order valence-corrected chi connectivity index (χ4v) is 2.47. The maximum Gasteiger partial charge on any atom is 0.142 e. The molecular formula is C15H14ClN3. The summed E-state index contributed by atoms with van der Waals surface area (Å²) in [7, 11) is 1.99. The molecule has 0 aliphatic carbocycles. The highest BCUT2D eigenvalue weighted by molar-refractivity contribution is 6.31. The summed E-state index contributed by atoms with van der Waals surface area (Å²) in [5.74, 6) is 0.856. The first-order valence-corrected chi connectivity index (χ1v) is 6.42. The quantitative estimate of drug-likeness (QED) is 0.685. The molecule has 2 aromatic carbocycles. The van der Waals surface area contributed by atoms with Gasteiger partial charge in [0.1, 0.15) is 5.82 Å². The number of aromatic nitrogens is 2. The molecule has 0 fully saturated rings. The van der Waals surface area contributed by atoms with Crippen LogP contribution in [0.15, 0.2) is 36.4 Å². The standard InChI is InChI=1S/C15H14ClN3/c1-9-3-6-14-13(7-9)18-15(19(14)2)11-5-4-10(16)8-12(11)17/h3-8H,17H2,1-2H3. The minimum absolute atomic E-state index is 0.635. The summed E-state index contributed by atoms with van der Waals surface area (Å²) in [4.78, 5) is 4.67. The summed E-state index contributed by atoms with van der Waals surface area (Å²) >= 11 is 5.94. The second kappa shape index (κ2) is 4.28. The Morgan fingerprint density at radius 3 is 2.68 bits per heavy atom. The van der Waals surface area contributed by atoms with Crippen LogP contribution in [0.4, 0.5) is 5.69 Å². The van der Waals surface area contributed by atoms with Crippen LogP contribution >= 0.6 is 11.6 Å². The highest BCUT2D eigenvalue weighted by Gasteiger charge is 2.12. The topological polar surface area (TPSA) is 43.8 Å². The zero-order valence-corrected chi connectivity index (χ0v) is 11.6.